The highest BCUT2D eigenvalue weighted by Gasteiger charge is 2.09. The van der Waals surface area contributed by atoms with E-state index >= 15 is 0 Å². The number of benzene rings is 2. The Bertz CT molecular complexity index is 807. The molecule has 0 bridgehead atoms. The molecule has 0 unspecified atom stereocenters. The van der Waals surface area contributed by atoms with E-state index in [-0.39, 0.29) is 5.82 Å². The van der Waals surface area contributed by atoms with Crippen LogP contribution >= 0.6 is 0 Å². The molecule has 6 nitrogen and oxygen atoms in total. The van der Waals surface area contributed by atoms with Crippen LogP contribution in [0.2, 0.25) is 0 Å². The second-order valence-electron chi connectivity index (χ2n) is 7.45. The number of nitrogens with zero attached hydrogens (tertiary/aromatic N) is 2. The lowest BCUT2D eigenvalue weighted by Gasteiger charge is -2.26. The van der Waals surface area contributed by atoms with Gasteiger partial charge in [-0.15, -0.1) is 0 Å². The zero-order valence-corrected chi connectivity index (χ0v) is 18.3. The Hall–Kier alpha value is -2.64. The predicted molar refractivity (Wildman–Crippen MR) is 122 cm³/mol. The molecule has 2 N–H and O–H groups in total. The maximum Gasteiger partial charge on any atom is 0.191 e. The average molecular weight is 429 g/mol. The van der Waals surface area contributed by atoms with E-state index in [4.69, 9.17) is 9.47 Å². The highest BCUT2D eigenvalue weighted by Crippen LogP contribution is 2.14. The Labute approximate surface area is 184 Å². The van der Waals surface area contributed by atoms with Crippen molar-refractivity contribution < 1.29 is 13.9 Å². The van der Waals surface area contributed by atoms with Crippen molar-refractivity contribution in [3.63, 3.8) is 0 Å². The van der Waals surface area contributed by atoms with Gasteiger partial charge in [-0.1, -0.05) is 24.3 Å². The van der Waals surface area contributed by atoms with Gasteiger partial charge in [0.25, 0.3) is 0 Å². The standard InChI is InChI=1S/C24H33FN4O2/c1-2-26-24(27-11-10-20-6-8-22(25)9-7-20)28-19-21-4-3-5-23(18-21)31-17-14-29-12-15-30-16-13-29/h3-9,18H,2,10-17,19H2,1H3,(H2,26,27,28). The molecule has 2 aromatic rings. The minimum Gasteiger partial charge on any atom is -0.492 e. The van der Waals surface area contributed by atoms with E-state index in [9.17, 15) is 4.39 Å². The van der Waals surface area contributed by atoms with Crippen LogP contribution < -0.4 is 15.4 Å². The topological polar surface area (TPSA) is 58.1 Å². The van der Waals surface area contributed by atoms with E-state index in [1.54, 1.807) is 0 Å². The van der Waals surface area contributed by atoms with Gasteiger partial charge >= 0.3 is 0 Å². The third-order valence-corrected chi connectivity index (χ3v) is 5.06. The molecular weight excluding hydrogens is 395 g/mol. The number of nitrogens with one attached hydrogen (secondary N) is 2. The molecule has 1 fully saturated rings. The molecule has 0 saturated carbocycles. The van der Waals surface area contributed by atoms with Gasteiger partial charge in [-0.2, -0.15) is 0 Å². The Balaban J connectivity index is 1.45. The third kappa shape index (κ3) is 8.55. The van der Waals surface area contributed by atoms with Crippen molar-refractivity contribution in [2.75, 3.05) is 52.5 Å². The Morgan fingerprint density at radius 2 is 1.90 bits per heavy atom. The number of hydrogen-bond donors (Lipinski definition) is 2. The molecule has 1 aliphatic rings. The number of ether oxygens (including phenoxy) is 2. The minimum atomic E-state index is -0.209. The lowest BCUT2D eigenvalue weighted by molar-refractivity contribution is 0.0322. The molecule has 0 aromatic heterocycles. The van der Waals surface area contributed by atoms with E-state index in [1.807, 2.05) is 37.3 Å². The number of guanidine groups is 1. The van der Waals surface area contributed by atoms with Crippen molar-refractivity contribution in [3.05, 3.63) is 65.5 Å². The molecule has 2 aromatic carbocycles. The van der Waals surface area contributed by atoms with Crippen LogP contribution in [0, 0.1) is 5.82 Å². The van der Waals surface area contributed by atoms with E-state index in [0.717, 1.165) is 75.2 Å². The first kappa shape index (κ1) is 23.0. The first-order chi connectivity index (χ1) is 15.2. The van der Waals surface area contributed by atoms with Crippen LogP contribution in [-0.4, -0.2) is 63.4 Å². The van der Waals surface area contributed by atoms with Crippen molar-refractivity contribution in [1.29, 1.82) is 0 Å². The third-order valence-electron chi connectivity index (χ3n) is 5.06. The van der Waals surface area contributed by atoms with Gasteiger partial charge in [-0.3, -0.25) is 4.90 Å². The van der Waals surface area contributed by atoms with Crippen LogP contribution in [0.25, 0.3) is 0 Å². The fraction of sp³-hybridized carbons (Fsp3) is 0.458. The number of aliphatic imine (C=N–C) groups is 1. The fourth-order valence-corrected chi connectivity index (χ4v) is 3.34. The number of rotatable bonds is 10. The Morgan fingerprint density at radius 1 is 1.10 bits per heavy atom. The molecule has 7 heteroatoms. The van der Waals surface area contributed by atoms with Crippen LogP contribution in [0.5, 0.6) is 5.75 Å². The predicted octanol–water partition coefficient (Wildman–Crippen LogP) is 2.83. The van der Waals surface area contributed by atoms with E-state index in [2.05, 4.69) is 26.6 Å². The molecule has 168 valence electrons. The molecule has 1 heterocycles. The molecule has 0 atom stereocenters. The highest BCUT2D eigenvalue weighted by atomic mass is 19.1. The van der Waals surface area contributed by atoms with Gasteiger partial charge in [0.15, 0.2) is 5.96 Å². The molecule has 0 radical (unpaired) electrons. The van der Waals surface area contributed by atoms with Crippen LogP contribution in [0.3, 0.4) is 0 Å². The Morgan fingerprint density at radius 3 is 2.68 bits per heavy atom. The zero-order chi connectivity index (χ0) is 21.7. The van der Waals surface area contributed by atoms with Crippen LogP contribution in [0.4, 0.5) is 4.39 Å². The van der Waals surface area contributed by atoms with Crippen LogP contribution in [0.15, 0.2) is 53.5 Å². The average Bonchev–Trinajstić information content (AvgIpc) is 2.80. The van der Waals surface area contributed by atoms with Gasteiger partial charge in [-0.05, 0) is 48.7 Å². The van der Waals surface area contributed by atoms with Crippen LogP contribution in [-0.2, 0) is 17.7 Å². The summed E-state index contributed by atoms with van der Waals surface area (Å²) in [4.78, 5) is 7.04. The van der Waals surface area contributed by atoms with Gasteiger partial charge in [0, 0.05) is 32.7 Å². The summed E-state index contributed by atoms with van der Waals surface area (Å²) in [6.45, 7) is 9.24. The molecule has 1 aliphatic heterocycles. The van der Waals surface area contributed by atoms with E-state index in [1.165, 1.54) is 12.1 Å². The zero-order valence-electron chi connectivity index (χ0n) is 18.3. The maximum atomic E-state index is 13.0. The molecule has 3 rings (SSSR count). The number of halogens is 1. The molecule has 0 spiro atoms. The minimum absolute atomic E-state index is 0.209. The van der Waals surface area contributed by atoms with Gasteiger partial charge in [0.2, 0.25) is 0 Å². The van der Waals surface area contributed by atoms with E-state index < -0.39 is 0 Å². The summed E-state index contributed by atoms with van der Waals surface area (Å²) < 4.78 is 24.3. The van der Waals surface area contributed by atoms with Crippen LogP contribution in [0.1, 0.15) is 18.1 Å². The monoisotopic (exact) mass is 428 g/mol. The number of hydrogen-bond acceptors (Lipinski definition) is 4. The van der Waals surface area contributed by atoms with Gasteiger partial charge in [0.05, 0.1) is 19.8 Å². The largest absolute Gasteiger partial charge is 0.492 e. The molecular formula is C24H33FN4O2. The smallest absolute Gasteiger partial charge is 0.191 e. The Kier molecular flexibility index (Phi) is 9.60. The normalized spacial score (nSPS) is 15.0. The highest BCUT2D eigenvalue weighted by molar-refractivity contribution is 5.79. The second kappa shape index (κ2) is 12.9. The molecule has 31 heavy (non-hydrogen) atoms. The first-order valence-corrected chi connectivity index (χ1v) is 11.0. The lowest BCUT2D eigenvalue weighted by atomic mass is 10.1. The van der Waals surface area contributed by atoms with Crippen molar-refractivity contribution in [3.8, 4) is 5.75 Å². The molecule has 0 amide bonds. The summed E-state index contributed by atoms with van der Waals surface area (Å²) in [6.07, 6.45) is 0.803. The number of morpholine rings is 1. The van der Waals surface area contributed by atoms with Gasteiger partial charge < -0.3 is 20.1 Å². The van der Waals surface area contributed by atoms with E-state index in [0.29, 0.717) is 13.2 Å². The van der Waals surface area contributed by atoms with Crippen molar-refractivity contribution >= 4 is 5.96 Å². The maximum absolute atomic E-state index is 13.0. The SMILES string of the molecule is CCNC(=NCc1cccc(OCCN2CCOCC2)c1)NCCc1ccc(F)cc1. The van der Waals surface area contributed by atoms with Crippen molar-refractivity contribution in [2.24, 2.45) is 4.99 Å². The summed E-state index contributed by atoms with van der Waals surface area (Å²) in [5.74, 6) is 1.43. The van der Waals surface area contributed by atoms with Crippen molar-refractivity contribution in [1.82, 2.24) is 15.5 Å². The van der Waals surface area contributed by atoms with Crippen molar-refractivity contribution in [2.45, 2.75) is 19.9 Å². The summed E-state index contributed by atoms with van der Waals surface area (Å²) in [5.41, 5.74) is 2.19. The second-order valence-corrected chi connectivity index (χ2v) is 7.45. The molecule has 1 saturated heterocycles. The van der Waals surface area contributed by atoms with Gasteiger partial charge in [-0.25, -0.2) is 9.38 Å². The summed E-state index contributed by atoms with van der Waals surface area (Å²) >= 11 is 0. The lowest BCUT2D eigenvalue weighted by Crippen LogP contribution is -2.38. The fourth-order valence-electron chi connectivity index (χ4n) is 3.34. The first-order valence-electron chi connectivity index (χ1n) is 11.0. The summed E-state index contributed by atoms with van der Waals surface area (Å²) in [7, 11) is 0. The van der Waals surface area contributed by atoms with Gasteiger partial charge in [0.1, 0.15) is 18.2 Å². The summed E-state index contributed by atoms with van der Waals surface area (Å²) in [6, 6.07) is 14.7. The molecule has 0 aliphatic carbocycles. The quantitative estimate of drug-likeness (QED) is 0.450. The summed E-state index contributed by atoms with van der Waals surface area (Å²) in [5, 5.41) is 6.60.